The van der Waals surface area contributed by atoms with Crippen molar-refractivity contribution in [3.8, 4) is 57.3 Å². The van der Waals surface area contributed by atoms with Crippen LogP contribution < -0.4 is 14.2 Å². The largest absolute Gasteiger partial charge is 0.507 e. The lowest BCUT2D eigenvalue weighted by Gasteiger charge is -2.43. The van der Waals surface area contributed by atoms with E-state index in [0.717, 1.165) is 36.4 Å². The second-order valence-electron chi connectivity index (χ2n) is 15.8. The Bertz CT molecular complexity index is 2430. The van der Waals surface area contributed by atoms with Gasteiger partial charge in [0.05, 0.1) is 38.1 Å². The molecule has 3 aromatic carbocycles. The lowest BCUT2D eigenvalue weighted by Crippen LogP contribution is -2.62. The molecule has 0 aliphatic carbocycles. The maximum atomic E-state index is 13.2. The Labute approximate surface area is 378 Å². The molecule has 0 saturated carbocycles. The predicted octanol–water partition coefficient (Wildman–Crippen LogP) is -1.61. The number of fused-ring (bicyclic) bond motifs is 1. The van der Waals surface area contributed by atoms with Crippen LogP contribution in [0.25, 0.3) is 28.4 Å². The number of aliphatic hydroxyl groups excluding tert-OH is 9. The van der Waals surface area contributed by atoms with Crippen molar-refractivity contribution in [2.45, 2.75) is 99.0 Å². The molecule has 0 amide bonds. The number of aromatic hydroxyl groups is 5. The summed E-state index contributed by atoms with van der Waals surface area (Å²) in [5, 5.41) is 147. The van der Waals surface area contributed by atoms with Crippen molar-refractivity contribution in [2.24, 2.45) is 0 Å². The average molecular weight is 950 g/mol. The van der Waals surface area contributed by atoms with Gasteiger partial charge in [-0.05, 0) is 30.7 Å². The molecule has 3 aliphatic heterocycles. The summed E-state index contributed by atoms with van der Waals surface area (Å²) in [5.41, 5.74) is -0.0535. The molecule has 4 heterocycles. The minimum atomic E-state index is -2.11. The minimum Gasteiger partial charge on any atom is -0.507 e. The highest BCUT2D eigenvalue weighted by Gasteiger charge is 2.51. The van der Waals surface area contributed by atoms with E-state index in [1.165, 1.54) is 38.3 Å². The average Bonchev–Trinajstić information content (AvgIpc) is 3.30. The third-order valence-corrected chi connectivity index (χ3v) is 11.2. The van der Waals surface area contributed by atoms with Gasteiger partial charge < -0.3 is 109 Å². The Kier molecular flexibility index (Phi) is 14.8. The molecule has 3 aliphatic rings. The molecule has 1 aromatic heterocycles. The van der Waals surface area contributed by atoms with Gasteiger partial charge in [-0.15, -0.1) is 0 Å². The summed E-state index contributed by atoms with van der Waals surface area (Å²) < 4.78 is 51.7. The summed E-state index contributed by atoms with van der Waals surface area (Å²) in [6.45, 7) is -0.137. The topological polar surface area (TPSA) is 385 Å². The molecule has 4 aromatic rings. The number of phenolic OH excluding ortho intramolecular Hbond substituents is 5. The number of benzene rings is 3. The van der Waals surface area contributed by atoms with E-state index in [0.29, 0.717) is 0 Å². The minimum absolute atomic E-state index is 0.0827. The van der Waals surface area contributed by atoms with Crippen molar-refractivity contribution in [3.63, 3.8) is 0 Å². The first-order chi connectivity index (χ1) is 31.8. The number of methoxy groups -OCH3 is 1. The van der Waals surface area contributed by atoms with Gasteiger partial charge in [-0.3, -0.25) is 0 Å². The Hall–Kier alpha value is -5.84. The molecular formula is C43H49O24+. The van der Waals surface area contributed by atoms with E-state index in [9.17, 15) is 76.3 Å². The lowest BCUT2D eigenvalue weighted by molar-refractivity contribution is -0.319. The van der Waals surface area contributed by atoms with Crippen LogP contribution in [0.4, 0.5) is 0 Å². The zero-order valence-corrected chi connectivity index (χ0v) is 35.2. The Balaban J connectivity index is 1.28. The van der Waals surface area contributed by atoms with Gasteiger partial charge >= 0.3 is 17.3 Å². The predicted molar refractivity (Wildman–Crippen MR) is 220 cm³/mol. The number of esters is 1. The molecule has 0 radical (unpaired) electrons. The molecule has 67 heavy (non-hydrogen) atoms. The van der Waals surface area contributed by atoms with Gasteiger partial charge in [-0.25, -0.2) is 9.21 Å². The summed E-state index contributed by atoms with van der Waals surface area (Å²) in [5.74, 6) is -5.32. The first-order valence-corrected chi connectivity index (χ1v) is 20.4. The first kappa shape index (κ1) is 49.1. The smallest absolute Gasteiger partial charge is 0.402 e. The van der Waals surface area contributed by atoms with Crippen LogP contribution in [-0.4, -0.2) is 190 Å². The zero-order chi connectivity index (χ0) is 48.6. The molecule has 14 N–H and O–H groups in total. The molecular weight excluding hydrogens is 900 g/mol. The number of hydrogen-bond acceptors (Lipinski definition) is 23. The first-order valence-electron chi connectivity index (χ1n) is 20.4. The quantitative estimate of drug-likeness (QED) is 0.0310. The van der Waals surface area contributed by atoms with Gasteiger partial charge in [-0.1, -0.05) is 6.07 Å². The van der Waals surface area contributed by atoms with Crippen molar-refractivity contribution >= 4 is 23.0 Å². The third kappa shape index (κ3) is 10.2. The zero-order valence-electron chi connectivity index (χ0n) is 35.2. The molecule has 0 spiro atoms. The van der Waals surface area contributed by atoms with Crippen molar-refractivity contribution in [3.05, 3.63) is 60.2 Å². The van der Waals surface area contributed by atoms with E-state index < -0.39 is 146 Å². The molecule has 3 saturated heterocycles. The Morgan fingerprint density at radius 2 is 1.34 bits per heavy atom. The SMILES string of the molecule is COc1cc(-c2[o+]c3cc(O)cc(O[C@@H]4O[C@H](CO)[C@@H](O)[C@H](O)[C@H]4O)c3cc2O[C@@H]2O[C@H](CO[C@@H]3O[C@@H](C)[C@H](O)[C@@H](O)[C@H]3O)[C@@H](O)[C@H](OC(=O)C=Cc3ccc(O)c(O)c3)[C@H]2O)cc(O)c1O. The molecule has 0 unspecified atom stereocenters. The van der Waals surface area contributed by atoms with E-state index in [-0.39, 0.29) is 39.4 Å². The highest BCUT2D eigenvalue weighted by molar-refractivity contribution is 5.89. The van der Waals surface area contributed by atoms with Gasteiger partial charge in [-0.2, -0.15) is 0 Å². The second kappa shape index (κ2) is 20.2. The Morgan fingerprint density at radius 3 is 2.04 bits per heavy atom. The maximum absolute atomic E-state index is 13.2. The van der Waals surface area contributed by atoms with Crippen molar-refractivity contribution < 1.29 is 119 Å². The molecule has 3 fully saturated rings. The summed E-state index contributed by atoms with van der Waals surface area (Å²) in [6.07, 6.45) is -23.9. The molecule has 24 nitrogen and oxygen atoms in total. The standard InChI is InChI=1S/C43H48O24/c1-15-30(50)34(54)36(56)41(61-15)60-14-28-33(53)40(67-29(49)6-4-16-3-5-20(46)21(47)7-16)38(58)43(66-28)64-26-12-19-23(62-39(26)17-8-22(48)31(51)25(9-17)59-2)10-18(45)11-24(19)63-42-37(57)35(55)32(52)27(13-44)65-42/h3-12,15,27-28,30,32-38,40-44,50,52-58H,13-14H2,1-2H3,(H4-,45,46,47,48,49,51)/p+1/t15-,27+,28+,30-,32+,33+,34+,35-,36+,37+,38+,40-,41+,42+,43+/m0/s1. The number of rotatable bonds is 13. The number of aliphatic hydroxyl groups is 9. The van der Waals surface area contributed by atoms with E-state index in [4.69, 9.17) is 42.3 Å². The third-order valence-electron chi connectivity index (χ3n) is 11.2. The summed E-state index contributed by atoms with van der Waals surface area (Å²) >= 11 is 0. The van der Waals surface area contributed by atoms with Crippen LogP contribution in [0.1, 0.15) is 12.5 Å². The van der Waals surface area contributed by atoms with Crippen LogP contribution in [0, 0.1) is 0 Å². The normalized spacial score (nSPS) is 32.3. The van der Waals surface area contributed by atoms with Crippen molar-refractivity contribution in [2.75, 3.05) is 20.3 Å². The van der Waals surface area contributed by atoms with Gasteiger partial charge in [0, 0.05) is 30.3 Å². The highest BCUT2D eigenvalue weighted by atomic mass is 16.7. The van der Waals surface area contributed by atoms with Crippen LogP contribution in [0.15, 0.2) is 59.0 Å². The Morgan fingerprint density at radius 1 is 0.672 bits per heavy atom. The van der Waals surface area contributed by atoms with E-state index in [1.54, 1.807) is 0 Å². The summed E-state index contributed by atoms with van der Waals surface area (Å²) in [7, 11) is 1.18. The number of ether oxygens (including phenoxy) is 8. The number of hydrogen-bond donors (Lipinski definition) is 14. The summed E-state index contributed by atoms with van der Waals surface area (Å²) in [4.78, 5) is 13.2. The van der Waals surface area contributed by atoms with Gasteiger partial charge in [0.2, 0.25) is 24.1 Å². The number of carbonyl (C=O) groups excluding carboxylic acids is 1. The van der Waals surface area contributed by atoms with Gasteiger partial charge in [0.1, 0.15) is 71.8 Å². The van der Waals surface area contributed by atoms with E-state index in [1.807, 2.05) is 0 Å². The van der Waals surface area contributed by atoms with Gasteiger partial charge in [0.15, 0.2) is 41.5 Å². The van der Waals surface area contributed by atoms with Crippen LogP contribution in [-0.2, 0) is 28.5 Å². The molecule has 0 bridgehead atoms. The second-order valence-corrected chi connectivity index (χ2v) is 15.8. The molecule has 15 atom stereocenters. The lowest BCUT2D eigenvalue weighted by atomic mass is 9.98. The van der Waals surface area contributed by atoms with E-state index >= 15 is 0 Å². The molecule has 364 valence electrons. The number of carbonyl (C=O) groups is 1. The molecule has 7 rings (SSSR count). The maximum Gasteiger partial charge on any atom is 0.402 e. The van der Waals surface area contributed by atoms with Crippen molar-refractivity contribution in [1.29, 1.82) is 0 Å². The van der Waals surface area contributed by atoms with Gasteiger partial charge in [0.25, 0.3) is 0 Å². The van der Waals surface area contributed by atoms with Crippen LogP contribution >= 0.6 is 0 Å². The van der Waals surface area contributed by atoms with Crippen molar-refractivity contribution in [1.82, 2.24) is 0 Å². The van der Waals surface area contributed by atoms with Crippen LogP contribution in [0.2, 0.25) is 0 Å². The monoisotopic (exact) mass is 949 g/mol. The van der Waals surface area contributed by atoms with Crippen LogP contribution in [0.3, 0.4) is 0 Å². The fourth-order valence-electron chi connectivity index (χ4n) is 7.45. The van der Waals surface area contributed by atoms with Crippen LogP contribution in [0.5, 0.6) is 46.0 Å². The van der Waals surface area contributed by atoms with E-state index in [2.05, 4.69) is 0 Å². The highest BCUT2D eigenvalue weighted by Crippen LogP contribution is 2.46. The molecule has 24 heteroatoms. The fourth-order valence-corrected chi connectivity index (χ4v) is 7.45. The summed E-state index contributed by atoms with van der Waals surface area (Å²) in [6, 6.07) is 9.19. The number of phenols is 5. The fraction of sp³-hybridized carbons (Fsp3) is 0.442.